The third kappa shape index (κ3) is 4.24. The largest absolute Gasteiger partial charge is 0.393 e. The van der Waals surface area contributed by atoms with Crippen LogP contribution in [0.25, 0.3) is 0 Å². The van der Waals surface area contributed by atoms with Crippen molar-refractivity contribution in [2.24, 2.45) is 0 Å². The predicted molar refractivity (Wildman–Crippen MR) is 69.6 cm³/mol. The highest BCUT2D eigenvalue weighted by Gasteiger charge is 2.32. The molecule has 1 aliphatic rings. The summed E-state index contributed by atoms with van der Waals surface area (Å²) in [6.07, 6.45) is 2.94. The van der Waals surface area contributed by atoms with E-state index in [1.807, 2.05) is 12.1 Å². The predicted octanol–water partition coefficient (Wildman–Crippen LogP) is 0.276. The van der Waals surface area contributed by atoms with Gasteiger partial charge in [-0.05, 0) is 30.9 Å². The molecule has 0 radical (unpaired) electrons. The molecule has 1 aromatic heterocycles. The zero-order valence-electron chi connectivity index (χ0n) is 10.9. The van der Waals surface area contributed by atoms with E-state index in [0.717, 1.165) is 12.0 Å². The van der Waals surface area contributed by atoms with Gasteiger partial charge in [0.15, 0.2) is 0 Å². The average Bonchev–Trinajstić information content (AvgIpc) is 2.43. The molecule has 0 amide bonds. The van der Waals surface area contributed by atoms with Crippen LogP contribution in [0.1, 0.15) is 24.8 Å². The molecule has 1 fully saturated rings. The van der Waals surface area contributed by atoms with Gasteiger partial charge in [0.1, 0.15) is 6.10 Å². The number of hydrogen-bond donors (Lipinski definition) is 3. The molecule has 2 heterocycles. The van der Waals surface area contributed by atoms with Gasteiger partial charge < -0.3 is 20.1 Å². The lowest BCUT2D eigenvalue weighted by molar-refractivity contribution is -0.145. The molecule has 5 heteroatoms. The van der Waals surface area contributed by atoms with Gasteiger partial charge in [0, 0.05) is 25.4 Å². The molecule has 1 aromatic rings. The zero-order valence-corrected chi connectivity index (χ0v) is 10.9. The Morgan fingerprint density at radius 3 is 3.00 bits per heavy atom. The summed E-state index contributed by atoms with van der Waals surface area (Å²) in [5, 5.41) is 29.3. The molecule has 0 spiro atoms. The van der Waals surface area contributed by atoms with Crippen LogP contribution in [-0.2, 0) is 11.2 Å². The van der Waals surface area contributed by atoms with Crippen molar-refractivity contribution >= 4 is 0 Å². The van der Waals surface area contributed by atoms with E-state index in [1.165, 1.54) is 0 Å². The minimum Gasteiger partial charge on any atom is -0.393 e. The van der Waals surface area contributed by atoms with E-state index in [4.69, 9.17) is 4.74 Å². The van der Waals surface area contributed by atoms with Crippen molar-refractivity contribution in [3.05, 3.63) is 30.1 Å². The van der Waals surface area contributed by atoms with E-state index >= 15 is 0 Å². The number of aryl methyl sites for hydroxylation is 1. The molecular weight excluding hydrogens is 246 g/mol. The molecule has 1 aliphatic heterocycles. The van der Waals surface area contributed by atoms with Gasteiger partial charge in [-0.25, -0.2) is 0 Å². The number of rotatable bonds is 5. The first kappa shape index (κ1) is 14.4. The third-order valence-corrected chi connectivity index (χ3v) is 3.51. The van der Waals surface area contributed by atoms with Crippen molar-refractivity contribution in [2.45, 2.75) is 50.1 Å². The molecule has 0 aliphatic carbocycles. The van der Waals surface area contributed by atoms with Crippen molar-refractivity contribution in [3.63, 3.8) is 0 Å². The lowest BCUT2D eigenvalue weighted by Crippen LogP contribution is -2.45. The second kappa shape index (κ2) is 6.96. The van der Waals surface area contributed by atoms with Crippen LogP contribution in [0.4, 0.5) is 0 Å². The molecule has 3 N–H and O–H groups in total. The molecule has 0 bridgehead atoms. The summed E-state index contributed by atoms with van der Waals surface area (Å²) in [4.78, 5) is 4.02. The summed E-state index contributed by atoms with van der Waals surface area (Å²) in [6.45, 7) is 0.429. The van der Waals surface area contributed by atoms with Crippen LogP contribution in [0.5, 0.6) is 0 Å². The number of ether oxygens (including phenoxy) is 1. The van der Waals surface area contributed by atoms with Gasteiger partial charge >= 0.3 is 0 Å². The highest BCUT2D eigenvalue weighted by molar-refractivity contribution is 5.08. The Balaban J connectivity index is 1.76. The van der Waals surface area contributed by atoms with Crippen molar-refractivity contribution < 1.29 is 20.1 Å². The van der Waals surface area contributed by atoms with Gasteiger partial charge in [-0.3, -0.25) is 4.98 Å². The SMILES string of the molecule is OC(CCc1cccnc1)CC1OCC[C@H](O)[C@H]1O. The summed E-state index contributed by atoms with van der Waals surface area (Å²) in [5.74, 6) is 0. The molecule has 0 aromatic carbocycles. The van der Waals surface area contributed by atoms with E-state index in [0.29, 0.717) is 25.9 Å². The van der Waals surface area contributed by atoms with E-state index in [2.05, 4.69) is 4.98 Å². The van der Waals surface area contributed by atoms with E-state index < -0.39 is 24.4 Å². The number of nitrogens with zero attached hydrogens (tertiary/aromatic N) is 1. The molecule has 2 unspecified atom stereocenters. The van der Waals surface area contributed by atoms with Crippen LogP contribution in [0, 0.1) is 0 Å². The molecule has 0 saturated carbocycles. The Morgan fingerprint density at radius 2 is 2.26 bits per heavy atom. The Bertz CT molecular complexity index is 373. The van der Waals surface area contributed by atoms with Crippen LogP contribution in [0.2, 0.25) is 0 Å². The van der Waals surface area contributed by atoms with Crippen LogP contribution in [-0.4, -0.2) is 51.3 Å². The molecule has 1 saturated heterocycles. The molecule has 4 atom stereocenters. The van der Waals surface area contributed by atoms with Gasteiger partial charge in [-0.1, -0.05) is 6.07 Å². The van der Waals surface area contributed by atoms with Crippen molar-refractivity contribution in [3.8, 4) is 0 Å². The second-order valence-corrected chi connectivity index (χ2v) is 5.05. The first-order chi connectivity index (χ1) is 9.16. The lowest BCUT2D eigenvalue weighted by Gasteiger charge is -2.33. The molecule has 19 heavy (non-hydrogen) atoms. The van der Waals surface area contributed by atoms with E-state index in [-0.39, 0.29) is 0 Å². The maximum Gasteiger partial charge on any atom is 0.106 e. The molecule has 2 rings (SSSR count). The second-order valence-electron chi connectivity index (χ2n) is 5.05. The van der Waals surface area contributed by atoms with Crippen LogP contribution in [0.3, 0.4) is 0 Å². The number of hydrogen-bond acceptors (Lipinski definition) is 5. The zero-order chi connectivity index (χ0) is 13.7. The van der Waals surface area contributed by atoms with E-state index in [9.17, 15) is 15.3 Å². The number of pyridine rings is 1. The highest BCUT2D eigenvalue weighted by Crippen LogP contribution is 2.20. The summed E-state index contributed by atoms with van der Waals surface area (Å²) < 4.78 is 5.40. The number of aliphatic hydroxyl groups excluding tert-OH is 3. The fraction of sp³-hybridized carbons (Fsp3) is 0.643. The summed E-state index contributed by atoms with van der Waals surface area (Å²) in [6, 6.07) is 3.83. The quantitative estimate of drug-likeness (QED) is 0.713. The smallest absolute Gasteiger partial charge is 0.106 e. The Morgan fingerprint density at radius 1 is 1.42 bits per heavy atom. The standard InChI is InChI=1S/C14H21NO4/c16-11(4-3-10-2-1-6-15-9-10)8-13-14(18)12(17)5-7-19-13/h1-2,6,9,11-14,16-18H,3-5,7-8H2/t11?,12-,13?,14+/m0/s1. The monoisotopic (exact) mass is 267 g/mol. The fourth-order valence-corrected chi connectivity index (χ4v) is 2.33. The average molecular weight is 267 g/mol. The van der Waals surface area contributed by atoms with Gasteiger partial charge in [0.25, 0.3) is 0 Å². The molecule has 106 valence electrons. The van der Waals surface area contributed by atoms with Crippen molar-refractivity contribution in [2.75, 3.05) is 6.61 Å². The van der Waals surface area contributed by atoms with Crippen molar-refractivity contribution in [1.82, 2.24) is 4.98 Å². The Kier molecular flexibility index (Phi) is 5.27. The lowest BCUT2D eigenvalue weighted by atomic mass is 9.95. The van der Waals surface area contributed by atoms with Crippen LogP contribution in [0.15, 0.2) is 24.5 Å². The van der Waals surface area contributed by atoms with Crippen molar-refractivity contribution in [1.29, 1.82) is 0 Å². The van der Waals surface area contributed by atoms with Crippen LogP contribution < -0.4 is 0 Å². The maximum atomic E-state index is 9.97. The minimum absolute atomic E-state index is 0.346. The topological polar surface area (TPSA) is 82.8 Å². The number of aliphatic hydroxyl groups is 3. The van der Waals surface area contributed by atoms with E-state index in [1.54, 1.807) is 12.4 Å². The van der Waals surface area contributed by atoms with Gasteiger partial charge in [0.2, 0.25) is 0 Å². The Labute approximate surface area is 112 Å². The number of aromatic nitrogens is 1. The van der Waals surface area contributed by atoms with Gasteiger partial charge in [0.05, 0.1) is 18.3 Å². The Hall–Kier alpha value is -1.01. The van der Waals surface area contributed by atoms with Gasteiger partial charge in [-0.15, -0.1) is 0 Å². The molecular formula is C14H21NO4. The first-order valence-corrected chi connectivity index (χ1v) is 6.71. The normalized spacial score (nSPS) is 29.1. The summed E-state index contributed by atoms with van der Waals surface area (Å²) in [5.41, 5.74) is 1.08. The van der Waals surface area contributed by atoms with Crippen LogP contribution >= 0.6 is 0 Å². The minimum atomic E-state index is -0.901. The van der Waals surface area contributed by atoms with Gasteiger partial charge in [-0.2, -0.15) is 0 Å². The first-order valence-electron chi connectivity index (χ1n) is 6.71. The summed E-state index contributed by atoms with van der Waals surface area (Å²) in [7, 11) is 0. The highest BCUT2D eigenvalue weighted by atomic mass is 16.5. The molecule has 5 nitrogen and oxygen atoms in total. The summed E-state index contributed by atoms with van der Waals surface area (Å²) >= 11 is 0. The fourth-order valence-electron chi connectivity index (χ4n) is 2.33. The third-order valence-electron chi connectivity index (χ3n) is 3.51. The maximum absolute atomic E-state index is 9.97.